The Morgan fingerprint density at radius 3 is 2.34 bits per heavy atom. The van der Waals surface area contributed by atoms with Crippen LogP contribution in [0.1, 0.15) is 23.8 Å². The van der Waals surface area contributed by atoms with E-state index in [2.05, 4.69) is 108 Å². The van der Waals surface area contributed by atoms with Gasteiger partial charge in [0.05, 0.1) is 16.7 Å². The summed E-state index contributed by atoms with van der Waals surface area (Å²) in [5, 5.41) is 3.64. The summed E-state index contributed by atoms with van der Waals surface area (Å²) in [6.45, 7) is 2.23. The van der Waals surface area contributed by atoms with Gasteiger partial charge in [0.15, 0.2) is 0 Å². The smallest absolute Gasteiger partial charge is 0.135 e. The number of terminal acetylenes is 1. The summed E-state index contributed by atoms with van der Waals surface area (Å²) in [5.74, 6) is 4.39. The minimum Gasteiger partial charge on any atom is -0.460 e. The Hall–Kier alpha value is -4.48. The van der Waals surface area contributed by atoms with Crippen LogP contribution >= 0.6 is 0 Å². The molecule has 0 N–H and O–H groups in total. The molecule has 1 aliphatic rings. The first-order valence-electron chi connectivity index (χ1n) is 12.0. The molecule has 35 heavy (non-hydrogen) atoms. The van der Waals surface area contributed by atoms with Crippen molar-refractivity contribution in [2.75, 3.05) is 0 Å². The highest BCUT2D eigenvalue weighted by Gasteiger charge is 2.23. The highest BCUT2D eigenvalue weighted by molar-refractivity contribution is 6.10. The van der Waals surface area contributed by atoms with Crippen LogP contribution in [0.3, 0.4) is 0 Å². The van der Waals surface area contributed by atoms with Crippen LogP contribution in [0.4, 0.5) is 0 Å². The highest BCUT2D eigenvalue weighted by Crippen LogP contribution is 2.42. The molecule has 2 heterocycles. The maximum atomic E-state index is 6.35. The standard InChI is InChI=1S/C33H23NO/c1-3-22-16-18-30(34-28-12-6-4-9-23(28)24-10-5-7-13-29(24)34)27(20-22)25-11-8-14-31-33(25)26-17-15-21(2)19-32(26)35-31/h1,4-18,20-21H,19H2,2H3/t21-/m0/s1. The van der Waals surface area contributed by atoms with Crippen molar-refractivity contribution >= 4 is 38.9 Å². The van der Waals surface area contributed by atoms with Crippen molar-refractivity contribution < 1.29 is 4.42 Å². The van der Waals surface area contributed by atoms with E-state index in [1.807, 2.05) is 6.07 Å². The quantitative estimate of drug-likeness (QED) is 0.243. The first-order valence-corrected chi connectivity index (χ1v) is 12.0. The molecule has 0 amide bonds. The highest BCUT2D eigenvalue weighted by atomic mass is 16.3. The van der Waals surface area contributed by atoms with Crippen LogP contribution in [-0.4, -0.2) is 4.57 Å². The second kappa shape index (κ2) is 7.52. The van der Waals surface area contributed by atoms with E-state index in [4.69, 9.17) is 10.8 Å². The molecule has 0 spiro atoms. The van der Waals surface area contributed by atoms with Crippen molar-refractivity contribution in [3.05, 3.63) is 108 Å². The minimum absolute atomic E-state index is 0.476. The molecule has 2 nitrogen and oxygen atoms in total. The Balaban J connectivity index is 1.60. The summed E-state index contributed by atoms with van der Waals surface area (Å²) in [6, 6.07) is 29.9. The lowest BCUT2D eigenvalue weighted by Gasteiger charge is -2.16. The van der Waals surface area contributed by atoms with E-state index in [1.165, 1.54) is 27.4 Å². The molecule has 0 radical (unpaired) electrons. The fraction of sp³-hybridized carbons (Fsp3) is 0.0909. The van der Waals surface area contributed by atoms with E-state index in [9.17, 15) is 0 Å². The Morgan fingerprint density at radius 2 is 1.60 bits per heavy atom. The maximum Gasteiger partial charge on any atom is 0.135 e. The van der Waals surface area contributed by atoms with Crippen molar-refractivity contribution in [1.82, 2.24) is 4.57 Å². The molecule has 1 aliphatic carbocycles. The SMILES string of the molecule is C#Cc1ccc(-n2c3ccccc3c3ccccc32)c(-c2cccc3oc4c(c23)C=C[C@H](C)C4)c1. The van der Waals surface area contributed by atoms with Crippen molar-refractivity contribution in [2.45, 2.75) is 13.3 Å². The molecule has 0 aliphatic heterocycles. The first-order chi connectivity index (χ1) is 17.2. The van der Waals surface area contributed by atoms with E-state index in [0.29, 0.717) is 5.92 Å². The lowest BCUT2D eigenvalue weighted by atomic mass is 9.91. The van der Waals surface area contributed by atoms with Crippen LogP contribution in [0, 0.1) is 18.3 Å². The largest absolute Gasteiger partial charge is 0.460 e. The monoisotopic (exact) mass is 449 g/mol. The number of para-hydroxylation sites is 2. The molecule has 6 aromatic rings. The summed E-state index contributed by atoms with van der Waals surface area (Å²) in [7, 11) is 0. The van der Waals surface area contributed by atoms with Gasteiger partial charge in [-0.3, -0.25) is 0 Å². The van der Waals surface area contributed by atoms with Gasteiger partial charge < -0.3 is 8.98 Å². The number of hydrogen-bond donors (Lipinski definition) is 0. The summed E-state index contributed by atoms with van der Waals surface area (Å²) >= 11 is 0. The van der Waals surface area contributed by atoms with Gasteiger partial charge in [0, 0.05) is 39.3 Å². The molecule has 0 bridgehead atoms. The second-order valence-corrected chi connectivity index (χ2v) is 9.40. The van der Waals surface area contributed by atoms with Gasteiger partial charge >= 0.3 is 0 Å². The molecule has 0 fully saturated rings. The zero-order valence-electron chi connectivity index (χ0n) is 19.5. The third-order valence-electron chi connectivity index (χ3n) is 7.20. The molecule has 0 saturated heterocycles. The number of furan rings is 1. The van der Waals surface area contributed by atoms with Gasteiger partial charge in [0.1, 0.15) is 11.3 Å². The van der Waals surface area contributed by atoms with Crippen LogP contribution in [0.5, 0.6) is 0 Å². The zero-order valence-corrected chi connectivity index (χ0v) is 19.5. The van der Waals surface area contributed by atoms with E-state index in [-0.39, 0.29) is 0 Å². The average Bonchev–Trinajstić information content (AvgIpc) is 3.43. The van der Waals surface area contributed by atoms with Gasteiger partial charge in [-0.2, -0.15) is 0 Å². The maximum absolute atomic E-state index is 6.35. The number of benzene rings is 4. The number of fused-ring (bicyclic) bond motifs is 6. The molecule has 2 heteroatoms. The van der Waals surface area contributed by atoms with Gasteiger partial charge in [-0.15, -0.1) is 6.42 Å². The molecule has 0 saturated carbocycles. The Labute approximate surface area is 204 Å². The van der Waals surface area contributed by atoms with Crippen LogP contribution in [-0.2, 0) is 6.42 Å². The second-order valence-electron chi connectivity index (χ2n) is 9.40. The number of allylic oxidation sites excluding steroid dienone is 1. The molecular weight excluding hydrogens is 426 g/mol. The van der Waals surface area contributed by atoms with Gasteiger partial charge in [0.25, 0.3) is 0 Å². The number of rotatable bonds is 2. The number of hydrogen-bond acceptors (Lipinski definition) is 1. The lowest BCUT2D eigenvalue weighted by molar-refractivity contribution is 0.513. The van der Waals surface area contributed by atoms with Gasteiger partial charge in [-0.1, -0.05) is 73.5 Å². The Bertz CT molecular complexity index is 1800. The van der Waals surface area contributed by atoms with E-state index in [1.54, 1.807) is 0 Å². The normalized spacial score (nSPS) is 15.0. The third kappa shape index (κ3) is 2.92. The van der Waals surface area contributed by atoms with E-state index < -0.39 is 0 Å². The molecule has 4 aromatic carbocycles. The van der Waals surface area contributed by atoms with Crippen LogP contribution in [0.15, 0.2) is 95.4 Å². The van der Waals surface area contributed by atoms with Gasteiger partial charge in [-0.25, -0.2) is 0 Å². The first kappa shape index (κ1) is 19.9. The van der Waals surface area contributed by atoms with Crippen LogP contribution < -0.4 is 0 Å². The fourth-order valence-electron chi connectivity index (χ4n) is 5.61. The molecule has 1 atom stereocenters. The van der Waals surface area contributed by atoms with E-state index in [0.717, 1.165) is 45.5 Å². The van der Waals surface area contributed by atoms with Crippen LogP contribution in [0.25, 0.3) is 55.7 Å². The predicted molar refractivity (Wildman–Crippen MR) is 146 cm³/mol. The molecule has 7 rings (SSSR count). The van der Waals surface area contributed by atoms with Crippen molar-refractivity contribution in [1.29, 1.82) is 0 Å². The summed E-state index contributed by atoms with van der Waals surface area (Å²) in [6.07, 6.45) is 11.3. The summed E-state index contributed by atoms with van der Waals surface area (Å²) < 4.78 is 8.72. The zero-order chi connectivity index (χ0) is 23.5. The predicted octanol–water partition coefficient (Wildman–Crippen LogP) is 8.38. The van der Waals surface area contributed by atoms with Crippen molar-refractivity contribution in [3.63, 3.8) is 0 Å². The van der Waals surface area contributed by atoms with Crippen LogP contribution in [0.2, 0.25) is 0 Å². The third-order valence-corrected chi connectivity index (χ3v) is 7.20. The molecule has 2 aromatic heterocycles. The van der Waals surface area contributed by atoms with Crippen molar-refractivity contribution in [3.8, 4) is 29.2 Å². The van der Waals surface area contributed by atoms with Crippen molar-refractivity contribution in [2.24, 2.45) is 5.92 Å². The number of nitrogens with zero attached hydrogens (tertiary/aromatic N) is 1. The Kier molecular flexibility index (Phi) is 4.28. The molecular formula is C33H23NO. The topological polar surface area (TPSA) is 18.1 Å². The summed E-state index contributed by atoms with van der Waals surface area (Å²) in [5.41, 5.74) is 8.68. The fourth-order valence-corrected chi connectivity index (χ4v) is 5.61. The van der Waals surface area contributed by atoms with Gasteiger partial charge in [0.2, 0.25) is 0 Å². The van der Waals surface area contributed by atoms with E-state index >= 15 is 0 Å². The molecule has 166 valence electrons. The molecule has 0 unspecified atom stereocenters. The minimum atomic E-state index is 0.476. The number of aromatic nitrogens is 1. The Morgan fingerprint density at radius 1 is 0.857 bits per heavy atom. The summed E-state index contributed by atoms with van der Waals surface area (Å²) in [4.78, 5) is 0. The van der Waals surface area contributed by atoms with Gasteiger partial charge in [-0.05, 0) is 47.9 Å². The average molecular weight is 450 g/mol. The lowest BCUT2D eigenvalue weighted by Crippen LogP contribution is -2.01.